The number of rotatable bonds is 2. The summed E-state index contributed by atoms with van der Waals surface area (Å²) in [7, 11) is 0. The Kier molecular flexibility index (Phi) is 5.29. The standard InChI is InChI=1S/C43H32O2/c1-41(2)35-16-8-7-15-33(35)34-25-39-40(26-38(34)41)43(45,32-22-20-28-12-4-6-14-30(28)24-32)37-18-10-9-17-36(37)42(39,44)31-21-19-27-11-3-5-13-29(27)23-31/h3-26,44-45H,1-2H3. The second-order valence-corrected chi connectivity index (χ2v) is 13.2. The molecular weight excluding hydrogens is 548 g/mol. The van der Waals surface area contributed by atoms with E-state index in [1.807, 2.05) is 60.7 Å². The molecule has 2 nitrogen and oxygen atoms in total. The second-order valence-electron chi connectivity index (χ2n) is 13.2. The quantitative estimate of drug-likeness (QED) is 0.214. The molecule has 2 aliphatic carbocycles. The fourth-order valence-electron chi connectivity index (χ4n) is 8.20. The number of aliphatic hydroxyl groups is 2. The van der Waals surface area contributed by atoms with E-state index in [1.54, 1.807) is 0 Å². The molecule has 2 N–H and O–H groups in total. The van der Waals surface area contributed by atoms with E-state index in [1.165, 1.54) is 11.1 Å². The largest absolute Gasteiger partial charge is 0.376 e. The van der Waals surface area contributed by atoms with Gasteiger partial charge >= 0.3 is 0 Å². The fraction of sp³-hybridized carbons (Fsp3) is 0.116. The van der Waals surface area contributed by atoms with Gasteiger partial charge in [-0.2, -0.15) is 0 Å². The molecule has 0 heterocycles. The molecule has 0 saturated heterocycles. The first-order valence-corrected chi connectivity index (χ1v) is 15.6. The highest BCUT2D eigenvalue weighted by molar-refractivity contribution is 5.87. The predicted molar refractivity (Wildman–Crippen MR) is 183 cm³/mol. The lowest BCUT2D eigenvalue weighted by Crippen LogP contribution is -2.44. The predicted octanol–water partition coefficient (Wildman–Crippen LogP) is 9.18. The maximum Gasteiger partial charge on any atom is 0.141 e. The van der Waals surface area contributed by atoms with Gasteiger partial charge in [0.15, 0.2) is 0 Å². The first-order chi connectivity index (χ1) is 21.8. The van der Waals surface area contributed by atoms with Gasteiger partial charge in [0.25, 0.3) is 0 Å². The third kappa shape index (κ3) is 3.41. The minimum atomic E-state index is -1.50. The van der Waals surface area contributed by atoms with Crippen molar-refractivity contribution in [2.24, 2.45) is 0 Å². The Morgan fingerprint density at radius 3 is 1.36 bits per heavy atom. The maximum absolute atomic E-state index is 13.4. The highest BCUT2D eigenvalue weighted by Crippen LogP contribution is 2.58. The lowest BCUT2D eigenvalue weighted by molar-refractivity contribution is 0.0748. The normalized spacial score (nSPS) is 20.8. The third-order valence-electron chi connectivity index (χ3n) is 10.5. The number of hydrogen-bond acceptors (Lipinski definition) is 2. The Balaban J connectivity index is 1.42. The van der Waals surface area contributed by atoms with Crippen LogP contribution < -0.4 is 0 Å². The van der Waals surface area contributed by atoms with Gasteiger partial charge in [0.05, 0.1) is 0 Å². The topological polar surface area (TPSA) is 40.5 Å². The smallest absolute Gasteiger partial charge is 0.141 e. The molecule has 2 heteroatoms. The molecule has 9 rings (SSSR count). The van der Waals surface area contributed by atoms with Gasteiger partial charge in [-0.25, -0.2) is 0 Å². The molecule has 2 unspecified atom stereocenters. The van der Waals surface area contributed by atoms with Gasteiger partial charge in [0, 0.05) is 11.0 Å². The molecule has 0 saturated carbocycles. The molecule has 0 spiro atoms. The van der Waals surface area contributed by atoms with Crippen molar-refractivity contribution in [1.29, 1.82) is 0 Å². The molecule has 216 valence electrons. The van der Waals surface area contributed by atoms with E-state index in [0.29, 0.717) is 22.3 Å². The SMILES string of the molecule is CC1(C)c2ccccc2-c2cc3c(cc21)C(O)(c1ccc2ccccc2c1)c1ccccc1C3(O)c1ccc2ccccc2c1. The van der Waals surface area contributed by atoms with E-state index in [-0.39, 0.29) is 5.41 Å². The van der Waals surface area contributed by atoms with Gasteiger partial charge in [-0.1, -0.05) is 141 Å². The van der Waals surface area contributed by atoms with Gasteiger partial charge in [-0.3, -0.25) is 0 Å². The molecule has 7 aromatic rings. The average Bonchev–Trinajstić information content (AvgIpc) is 3.31. The second kappa shape index (κ2) is 9.01. The van der Waals surface area contributed by atoms with Crippen molar-refractivity contribution in [1.82, 2.24) is 0 Å². The van der Waals surface area contributed by atoms with Crippen LogP contribution >= 0.6 is 0 Å². The van der Waals surface area contributed by atoms with Gasteiger partial charge < -0.3 is 10.2 Å². The van der Waals surface area contributed by atoms with Gasteiger partial charge in [0.1, 0.15) is 11.2 Å². The van der Waals surface area contributed by atoms with E-state index in [2.05, 4.69) is 98.8 Å². The van der Waals surface area contributed by atoms with Crippen molar-refractivity contribution in [2.75, 3.05) is 0 Å². The summed E-state index contributed by atoms with van der Waals surface area (Å²) in [5, 5.41) is 31.1. The van der Waals surface area contributed by atoms with Crippen molar-refractivity contribution >= 4 is 21.5 Å². The van der Waals surface area contributed by atoms with Crippen LogP contribution in [0.3, 0.4) is 0 Å². The number of benzene rings is 7. The van der Waals surface area contributed by atoms with Gasteiger partial charge in [-0.05, 0) is 89.8 Å². The summed E-state index contributed by atoms with van der Waals surface area (Å²) in [5.41, 5.74) is 5.77. The Labute approximate surface area is 262 Å². The minimum absolute atomic E-state index is 0.275. The monoisotopic (exact) mass is 580 g/mol. The Morgan fingerprint density at radius 1 is 0.356 bits per heavy atom. The molecule has 0 aromatic heterocycles. The van der Waals surface area contributed by atoms with Crippen molar-refractivity contribution in [3.05, 3.63) is 190 Å². The molecular formula is C43H32O2. The lowest BCUT2D eigenvalue weighted by Gasteiger charge is -2.46. The average molecular weight is 581 g/mol. The molecule has 7 aromatic carbocycles. The molecule has 0 radical (unpaired) electrons. The van der Waals surface area contributed by atoms with Crippen LogP contribution in [0.25, 0.3) is 32.7 Å². The zero-order valence-corrected chi connectivity index (χ0v) is 25.3. The Bertz CT molecular complexity index is 2350. The van der Waals surface area contributed by atoms with Crippen molar-refractivity contribution < 1.29 is 10.2 Å². The van der Waals surface area contributed by atoms with Crippen LogP contribution in [0.15, 0.2) is 146 Å². The minimum Gasteiger partial charge on any atom is -0.376 e. The van der Waals surface area contributed by atoms with E-state index < -0.39 is 11.2 Å². The zero-order chi connectivity index (χ0) is 30.6. The molecule has 2 aliphatic rings. The van der Waals surface area contributed by atoms with Crippen LogP contribution in [0.4, 0.5) is 0 Å². The molecule has 0 fully saturated rings. The highest BCUT2D eigenvalue weighted by Gasteiger charge is 2.52. The van der Waals surface area contributed by atoms with Gasteiger partial charge in [-0.15, -0.1) is 0 Å². The third-order valence-corrected chi connectivity index (χ3v) is 10.5. The summed E-state index contributed by atoms with van der Waals surface area (Å²) >= 11 is 0. The fourth-order valence-corrected chi connectivity index (χ4v) is 8.20. The van der Waals surface area contributed by atoms with Crippen molar-refractivity contribution in [2.45, 2.75) is 30.5 Å². The first kappa shape index (κ1) is 26.4. The summed E-state index contributed by atoms with van der Waals surface area (Å²) in [5.74, 6) is 0. The summed E-state index contributed by atoms with van der Waals surface area (Å²) < 4.78 is 0. The van der Waals surface area contributed by atoms with E-state index in [4.69, 9.17) is 0 Å². The molecule has 0 aliphatic heterocycles. The summed E-state index contributed by atoms with van der Waals surface area (Å²) in [6, 6.07) is 49.7. The van der Waals surface area contributed by atoms with Crippen LogP contribution in [-0.2, 0) is 16.6 Å². The lowest BCUT2D eigenvalue weighted by atomic mass is 9.62. The molecule has 45 heavy (non-hydrogen) atoms. The molecule has 2 atom stereocenters. The molecule has 0 bridgehead atoms. The summed E-state index contributed by atoms with van der Waals surface area (Å²) in [4.78, 5) is 0. The summed E-state index contributed by atoms with van der Waals surface area (Å²) in [6.45, 7) is 4.51. The molecule has 0 amide bonds. The Morgan fingerprint density at radius 2 is 0.800 bits per heavy atom. The maximum atomic E-state index is 13.4. The van der Waals surface area contributed by atoms with Crippen LogP contribution in [0.2, 0.25) is 0 Å². The van der Waals surface area contributed by atoms with Gasteiger partial charge in [0.2, 0.25) is 0 Å². The van der Waals surface area contributed by atoms with Crippen molar-refractivity contribution in [3.8, 4) is 11.1 Å². The van der Waals surface area contributed by atoms with Crippen molar-refractivity contribution in [3.63, 3.8) is 0 Å². The van der Waals surface area contributed by atoms with Crippen LogP contribution in [0, 0.1) is 0 Å². The highest BCUT2D eigenvalue weighted by atomic mass is 16.3. The van der Waals surface area contributed by atoms with Crippen LogP contribution in [-0.4, -0.2) is 10.2 Å². The Hall–Kier alpha value is -5.02. The number of hydrogen-bond donors (Lipinski definition) is 2. The first-order valence-electron chi connectivity index (χ1n) is 15.6. The van der Waals surface area contributed by atoms with Crippen LogP contribution in [0.5, 0.6) is 0 Å². The zero-order valence-electron chi connectivity index (χ0n) is 25.3. The number of fused-ring (bicyclic) bond motifs is 7. The van der Waals surface area contributed by atoms with E-state index in [0.717, 1.165) is 43.8 Å². The van der Waals surface area contributed by atoms with E-state index in [9.17, 15) is 10.2 Å². The van der Waals surface area contributed by atoms with E-state index >= 15 is 0 Å². The van der Waals surface area contributed by atoms with Crippen LogP contribution in [0.1, 0.15) is 58.4 Å². The summed E-state index contributed by atoms with van der Waals surface area (Å²) in [6.07, 6.45) is 0.